The van der Waals surface area contributed by atoms with Crippen LogP contribution in [0.3, 0.4) is 0 Å². The Bertz CT molecular complexity index is 1380. The summed E-state index contributed by atoms with van der Waals surface area (Å²) < 4.78 is 48.3. The van der Waals surface area contributed by atoms with E-state index in [9.17, 15) is 35.7 Å². The normalized spacial score (nSPS) is 54.1. The van der Waals surface area contributed by atoms with E-state index in [1.165, 1.54) is 12.7 Å². The first-order chi connectivity index (χ1) is 26.5. The monoisotopic (exact) mass is 800 g/mol. The zero-order valence-corrected chi connectivity index (χ0v) is 34.0. The second kappa shape index (κ2) is 16.5. The molecule has 3 saturated carbocycles. The molecule has 7 N–H and O–H groups in total. The Hall–Kier alpha value is -0.860. The average Bonchev–Trinajstić information content (AvgIpc) is 3.45. The summed E-state index contributed by atoms with van der Waals surface area (Å²) in [6, 6.07) is 0. The van der Waals surface area contributed by atoms with Gasteiger partial charge in [0.1, 0.15) is 48.8 Å². The van der Waals surface area contributed by atoms with Crippen LogP contribution in [0.5, 0.6) is 0 Å². The van der Waals surface area contributed by atoms with Crippen LogP contribution in [-0.4, -0.2) is 160 Å². The van der Waals surface area contributed by atoms with Crippen molar-refractivity contribution in [3.8, 4) is 0 Å². The average molecular weight is 801 g/mol. The molecule has 7 aliphatic rings. The van der Waals surface area contributed by atoms with Gasteiger partial charge in [-0.25, -0.2) is 0 Å². The summed E-state index contributed by atoms with van der Waals surface area (Å²) >= 11 is 0. The quantitative estimate of drug-likeness (QED) is 0.155. The van der Waals surface area contributed by atoms with Gasteiger partial charge in [0.25, 0.3) is 0 Å². The second-order valence-corrected chi connectivity index (χ2v) is 18.4. The first-order valence-corrected chi connectivity index (χ1v) is 20.9. The number of hydrogen-bond donors (Lipinski definition) is 7. The lowest BCUT2D eigenvalue weighted by atomic mass is 9.45. The third-order valence-electron chi connectivity index (χ3n) is 15.7. The van der Waals surface area contributed by atoms with E-state index in [-0.39, 0.29) is 29.5 Å². The molecule has 3 heterocycles. The van der Waals surface area contributed by atoms with Crippen LogP contribution in [0.15, 0.2) is 11.6 Å². The van der Waals surface area contributed by atoms with Crippen LogP contribution in [0.25, 0.3) is 0 Å². The van der Waals surface area contributed by atoms with Gasteiger partial charge in [-0.05, 0) is 95.3 Å². The van der Waals surface area contributed by atoms with Crippen molar-refractivity contribution in [3.63, 3.8) is 0 Å². The molecule has 0 aromatic rings. The molecule has 0 bridgehead atoms. The zero-order valence-electron chi connectivity index (χ0n) is 34.0. The lowest BCUT2D eigenvalue weighted by Crippen LogP contribution is -2.62. The van der Waals surface area contributed by atoms with Crippen molar-refractivity contribution >= 4 is 0 Å². The molecule has 56 heavy (non-hydrogen) atoms. The van der Waals surface area contributed by atoms with Gasteiger partial charge in [-0.1, -0.05) is 25.5 Å². The first kappa shape index (κ1) is 43.2. The lowest BCUT2D eigenvalue weighted by Gasteiger charge is -2.61. The molecule has 0 spiro atoms. The second-order valence-electron chi connectivity index (χ2n) is 18.4. The molecular formula is C41H68O15. The molecule has 0 unspecified atom stereocenters. The van der Waals surface area contributed by atoms with Crippen LogP contribution >= 0.6 is 0 Å². The van der Waals surface area contributed by atoms with E-state index in [0.29, 0.717) is 18.8 Å². The Morgan fingerprint density at radius 1 is 0.786 bits per heavy atom. The minimum absolute atomic E-state index is 0.0269. The number of hydrogen-bond acceptors (Lipinski definition) is 15. The van der Waals surface area contributed by atoms with Crippen molar-refractivity contribution in [1.29, 1.82) is 0 Å². The molecule has 0 aromatic carbocycles. The molecule has 7 rings (SSSR count). The highest BCUT2D eigenvalue weighted by Gasteiger charge is 2.67. The maximum atomic E-state index is 12.8. The van der Waals surface area contributed by atoms with Crippen LogP contribution in [0.1, 0.15) is 92.4 Å². The van der Waals surface area contributed by atoms with Crippen LogP contribution in [0.4, 0.5) is 0 Å². The van der Waals surface area contributed by atoms with Crippen LogP contribution in [0.2, 0.25) is 0 Å². The van der Waals surface area contributed by atoms with Crippen molar-refractivity contribution in [2.75, 3.05) is 20.8 Å². The Balaban J connectivity index is 0.974. The summed E-state index contributed by atoms with van der Waals surface area (Å²) in [6.45, 7) is 9.56. The fourth-order valence-corrected chi connectivity index (χ4v) is 12.3. The van der Waals surface area contributed by atoms with Gasteiger partial charge < -0.3 is 73.6 Å². The summed E-state index contributed by atoms with van der Waals surface area (Å²) in [4.78, 5) is 0. The van der Waals surface area contributed by atoms with Crippen LogP contribution in [0, 0.1) is 28.6 Å². The number of fused-ring (bicyclic) bond motifs is 5. The van der Waals surface area contributed by atoms with Gasteiger partial charge in [-0.2, -0.15) is 0 Å². The number of ether oxygens (including phenoxy) is 8. The van der Waals surface area contributed by atoms with E-state index in [1.807, 2.05) is 13.8 Å². The summed E-state index contributed by atoms with van der Waals surface area (Å²) in [7, 11) is 3.06. The number of allylic oxidation sites excluding steroid dienone is 1. The summed E-state index contributed by atoms with van der Waals surface area (Å²) in [5.41, 5.74) is -0.0367. The van der Waals surface area contributed by atoms with Gasteiger partial charge >= 0.3 is 0 Å². The maximum Gasteiger partial charge on any atom is 0.187 e. The van der Waals surface area contributed by atoms with Gasteiger partial charge in [-0.3, -0.25) is 0 Å². The number of methoxy groups -OCH3 is 2. The Morgan fingerprint density at radius 2 is 1.54 bits per heavy atom. The molecule has 15 nitrogen and oxygen atoms in total. The van der Waals surface area contributed by atoms with Crippen molar-refractivity contribution in [3.05, 3.63) is 11.6 Å². The minimum atomic E-state index is -1.51. The van der Waals surface area contributed by atoms with Crippen LogP contribution in [-0.2, 0) is 37.9 Å². The van der Waals surface area contributed by atoms with E-state index < -0.39 is 104 Å². The summed E-state index contributed by atoms with van der Waals surface area (Å²) in [6.07, 6.45) is -4.36. The van der Waals surface area contributed by atoms with E-state index in [2.05, 4.69) is 19.9 Å². The fraction of sp³-hybridized carbons (Fsp3) is 0.951. The predicted octanol–water partition coefficient (Wildman–Crippen LogP) is 1.29. The molecule has 0 aromatic heterocycles. The maximum absolute atomic E-state index is 12.8. The van der Waals surface area contributed by atoms with Crippen molar-refractivity contribution < 1.29 is 73.6 Å². The predicted molar refractivity (Wildman–Crippen MR) is 198 cm³/mol. The van der Waals surface area contributed by atoms with Crippen molar-refractivity contribution in [1.82, 2.24) is 0 Å². The Kier molecular flexibility index (Phi) is 12.8. The van der Waals surface area contributed by atoms with Crippen molar-refractivity contribution in [2.24, 2.45) is 28.6 Å². The standard InChI is InChI=1S/C41H68O15/c1-19(52-37-33(46)32(45)31(44)28(18-42)55-37)24-12-15-41(48)26-9-8-22-16-23(10-13-39(22,4)25(26)11-14-40(24,41)5)54-29-17-27(49-6)35(21(3)51-29)56-38-34(47)36(50-7)30(43)20(2)53-38/h8,19-21,23-38,42-48H,9-18H2,1-7H3/t19-,20+,21+,23-,24+,25-,26+,27+,28+,29-,30+,31+,32-,33+,34+,35+,36-,37+,38-,39-,40+,41-/m0/s1. The first-order valence-electron chi connectivity index (χ1n) is 20.9. The highest BCUT2D eigenvalue weighted by molar-refractivity contribution is 5.28. The summed E-state index contributed by atoms with van der Waals surface area (Å²) in [5, 5.41) is 74.9. The van der Waals surface area contributed by atoms with E-state index in [4.69, 9.17) is 37.9 Å². The molecule has 0 amide bonds. The highest BCUT2D eigenvalue weighted by atomic mass is 16.7. The molecule has 3 saturated heterocycles. The van der Waals surface area contributed by atoms with Crippen LogP contribution < -0.4 is 0 Å². The number of aliphatic hydroxyl groups excluding tert-OH is 6. The molecular weight excluding hydrogens is 732 g/mol. The smallest absolute Gasteiger partial charge is 0.187 e. The van der Waals surface area contributed by atoms with E-state index in [0.717, 1.165) is 44.9 Å². The van der Waals surface area contributed by atoms with Gasteiger partial charge in [0.05, 0.1) is 42.7 Å². The lowest BCUT2D eigenvalue weighted by molar-refractivity contribution is -0.342. The van der Waals surface area contributed by atoms with Gasteiger partial charge in [0, 0.05) is 26.1 Å². The number of rotatable bonds is 10. The third kappa shape index (κ3) is 7.25. The molecule has 0 radical (unpaired) electrons. The Labute approximate surface area is 330 Å². The van der Waals surface area contributed by atoms with Gasteiger partial charge in [0.15, 0.2) is 18.9 Å². The molecule has 15 heteroatoms. The minimum Gasteiger partial charge on any atom is -0.394 e. The molecule has 22 atom stereocenters. The topological polar surface area (TPSA) is 215 Å². The fourth-order valence-electron chi connectivity index (χ4n) is 12.3. The molecule has 322 valence electrons. The van der Waals surface area contributed by atoms with Gasteiger partial charge in [-0.15, -0.1) is 0 Å². The third-order valence-corrected chi connectivity index (χ3v) is 15.7. The Morgan fingerprint density at radius 3 is 2.23 bits per heavy atom. The van der Waals surface area contributed by atoms with E-state index >= 15 is 0 Å². The van der Waals surface area contributed by atoms with Gasteiger partial charge in [0.2, 0.25) is 0 Å². The van der Waals surface area contributed by atoms with Crippen molar-refractivity contribution in [2.45, 2.75) is 196 Å². The number of aliphatic hydroxyl groups is 7. The van der Waals surface area contributed by atoms with E-state index in [1.54, 1.807) is 14.0 Å². The molecule has 3 aliphatic heterocycles. The molecule has 6 fully saturated rings. The SMILES string of the molecule is CO[C@@H]1[C@@H](O)[C@H](O[C@@H]2[C@@H](C)O[C@@H](O[C@H]3CC[C@@]4(C)C(=CC[C@@H]5[C@@H]4CC[C@]4(C)[C@@H]([C@H](C)O[C@@H]6O[C@H](CO)[C@@H](O)[C@H](O)[C@H]6O)CC[C@]54O)C3)C[C@H]2OC)O[C@H](C)[C@H]1O. The molecule has 4 aliphatic carbocycles. The highest BCUT2D eigenvalue weighted by Crippen LogP contribution is 2.68. The largest absolute Gasteiger partial charge is 0.394 e. The summed E-state index contributed by atoms with van der Waals surface area (Å²) in [5.74, 6) is 0.361. The zero-order chi connectivity index (χ0) is 40.5.